The van der Waals surface area contributed by atoms with Gasteiger partial charge in [-0.1, -0.05) is 162 Å². The van der Waals surface area contributed by atoms with Gasteiger partial charge in [-0.05, 0) is 90.1 Å². The first-order chi connectivity index (χ1) is 30.9. The van der Waals surface area contributed by atoms with E-state index in [1.807, 2.05) is 0 Å². The average molecular weight is 887 g/mol. The number of ether oxygens (including phenoxy) is 2. The summed E-state index contributed by atoms with van der Waals surface area (Å²) in [6, 6.07) is 0. The Kier molecular flexibility index (Phi) is 41.4. The predicted molar refractivity (Wildman–Crippen MR) is 261 cm³/mol. The van der Waals surface area contributed by atoms with Crippen molar-refractivity contribution in [2.75, 3.05) is 32.8 Å². The zero-order valence-corrected chi connectivity index (χ0v) is 41.2. The number of unbranched alkanes of at least 4 members (excludes halogenated alkanes) is 25. The SMILES string of the molecule is CCCCCCCCCCCOC(=O)CCCCCN(CCCCCCCC(=O)OC(CCCCCCCC)CCCCCCCC)CC(O)CCCCNC(=O)c1cnccn1. The van der Waals surface area contributed by atoms with E-state index in [9.17, 15) is 19.5 Å². The Morgan fingerprint density at radius 2 is 1.05 bits per heavy atom. The van der Waals surface area contributed by atoms with Crippen LogP contribution >= 0.6 is 0 Å². The monoisotopic (exact) mass is 887 g/mol. The molecular weight excluding hydrogens is 789 g/mol. The van der Waals surface area contributed by atoms with Crippen molar-refractivity contribution in [3.05, 3.63) is 24.3 Å². The molecule has 0 saturated carbocycles. The number of hydrogen-bond donors (Lipinski definition) is 2. The van der Waals surface area contributed by atoms with Crippen molar-refractivity contribution >= 4 is 17.8 Å². The van der Waals surface area contributed by atoms with E-state index in [1.54, 1.807) is 6.20 Å². The Hall–Kier alpha value is -2.59. The first-order valence-corrected chi connectivity index (χ1v) is 26.7. The van der Waals surface area contributed by atoms with Crippen LogP contribution in [0.1, 0.15) is 262 Å². The van der Waals surface area contributed by atoms with E-state index in [0.717, 1.165) is 116 Å². The van der Waals surface area contributed by atoms with Crippen LogP contribution < -0.4 is 5.32 Å². The van der Waals surface area contributed by atoms with E-state index in [4.69, 9.17) is 9.47 Å². The van der Waals surface area contributed by atoms with Crippen LogP contribution in [0, 0.1) is 0 Å². The lowest BCUT2D eigenvalue weighted by molar-refractivity contribution is -0.150. The number of nitrogens with one attached hydrogen (secondary N) is 1. The molecule has 0 aliphatic rings. The molecule has 0 spiro atoms. The zero-order valence-electron chi connectivity index (χ0n) is 41.2. The third-order valence-corrected chi connectivity index (χ3v) is 12.3. The molecule has 0 aromatic carbocycles. The van der Waals surface area contributed by atoms with Gasteiger partial charge in [-0.15, -0.1) is 0 Å². The topological polar surface area (TPSA) is 131 Å². The second kappa shape index (κ2) is 44.6. The van der Waals surface area contributed by atoms with Crippen LogP contribution in [0.2, 0.25) is 0 Å². The number of aliphatic hydroxyl groups excluding tert-OH is 1. The van der Waals surface area contributed by atoms with Crippen LogP contribution in [-0.4, -0.2) is 82.8 Å². The number of aliphatic hydroxyl groups is 1. The number of nitrogens with zero attached hydrogens (tertiary/aromatic N) is 3. The average Bonchev–Trinajstić information content (AvgIpc) is 3.28. The highest BCUT2D eigenvalue weighted by Crippen LogP contribution is 2.19. The number of carbonyl (C=O) groups excluding carboxylic acids is 3. The Morgan fingerprint density at radius 1 is 0.571 bits per heavy atom. The van der Waals surface area contributed by atoms with Gasteiger partial charge in [-0.2, -0.15) is 0 Å². The smallest absolute Gasteiger partial charge is 0.306 e. The third-order valence-electron chi connectivity index (χ3n) is 12.3. The molecule has 1 rings (SSSR count). The summed E-state index contributed by atoms with van der Waals surface area (Å²) >= 11 is 0. The van der Waals surface area contributed by atoms with Crippen molar-refractivity contribution in [2.45, 2.75) is 264 Å². The quantitative estimate of drug-likeness (QED) is 0.0485. The second-order valence-electron chi connectivity index (χ2n) is 18.4. The van der Waals surface area contributed by atoms with Gasteiger partial charge in [0.15, 0.2) is 0 Å². The van der Waals surface area contributed by atoms with Crippen LogP contribution in [-0.2, 0) is 19.1 Å². The molecule has 0 radical (unpaired) electrons. The summed E-state index contributed by atoms with van der Waals surface area (Å²) in [4.78, 5) is 47.9. The van der Waals surface area contributed by atoms with Gasteiger partial charge in [-0.3, -0.25) is 19.4 Å². The van der Waals surface area contributed by atoms with E-state index in [1.165, 1.54) is 122 Å². The van der Waals surface area contributed by atoms with Gasteiger partial charge in [0, 0.05) is 38.3 Å². The molecule has 0 saturated heterocycles. The van der Waals surface area contributed by atoms with Gasteiger partial charge >= 0.3 is 11.9 Å². The fourth-order valence-corrected chi connectivity index (χ4v) is 8.30. The first kappa shape index (κ1) is 58.4. The van der Waals surface area contributed by atoms with E-state index in [2.05, 4.69) is 41.0 Å². The fraction of sp³-hybridized carbons (Fsp3) is 0.868. The highest BCUT2D eigenvalue weighted by Gasteiger charge is 2.16. The second-order valence-corrected chi connectivity index (χ2v) is 18.4. The van der Waals surface area contributed by atoms with E-state index < -0.39 is 6.10 Å². The van der Waals surface area contributed by atoms with Gasteiger partial charge in [0.25, 0.3) is 5.91 Å². The van der Waals surface area contributed by atoms with Crippen molar-refractivity contribution in [3.63, 3.8) is 0 Å². The lowest BCUT2D eigenvalue weighted by Crippen LogP contribution is -2.34. The summed E-state index contributed by atoms with van der Waals surface area (Å²) in [5, 5.41) is 13.9. The molecule has 63 heavy (non-hydrogen) atoms. The molecule has 0 fully saturated rings. The van der Waals surface area contributed by atoms with Crippen LogP contribution in [0.25, 0.3) is 0 Å². The lowest BCUT2D eigenvalue weighted by atomic mass is 10.0. The number of amides is 1. The molecule has 1 unspecified atom stereocenters. The number of aromatic nitrogens is 2. The molecule has 0 bridgehead atoms. The zero-order chi connectivity index (χ0) is 45.7. The minimum atomic E-state index is -0.436. The van der Waals surface area contributed by atoms with Gasteiger partial charge in [0.1, 0.15) is 11.8 Å². The van der Waals surface area contributed by atoms with Crippen LogP contribution in [0.15, 0.2) is 18.6 Å². The van der Waals surface area contributed by atoms with Crippen LogP contribution in [0.3, 0.4) is 0 Å². The lowest BCUT2D eigenvalue weighted by Gasteiger charge is -2.25. The molecule has 366 valence electrons. The predicted octanol–water partition coefficient (Wildman–Crippen LogP) is 13.4. The molecule has 0 aliphatic heterocycles. The Labute approximate surface area is 387 Å². The standard InChI is InChI=1S/C53H98N4O6/c1-4-7-10-13-16-17-18-24-34-45-62-51(59)38-29-25-33-44-57(47-48(58)35-30-31-40-56-53(61)50-46-54-41-42-55-50)43-32-23-19-22-28-39-52(60)63-49(36-26-20-14-11-8-5-2)37-27-21-15-12-9-6-3/h41-42,46,48-49,58H,4-40,43-45,47H2,1-3H3,(H,56,61). The summed E-state index contributed by atoms with van der Waals surface area (Å²) in [6.07, 6.45) is 43.7. The number of esters is 2. The minimum Gasteiger partial charge on any atom is -0.466 e. The molecule has 10 nitrogen and oxygen atoms in total. The van der Waals surface area contributed by atoms with E-state index in [0.29, 0.717) is 44.7 Å². The van der Waals surface area contributed by atoms with Crippen molar-refractivity contribution in [2.24, 2.45) is 0 Å². The minimum absolute atomic E-state index is 0.0166. The highest BCUT2D eigenvalue weighted by atomic mass is 16.5. The summed E-state index contributed by atoms with van der Waals surface area (Å²) < 4.78 is 11.6. The molecule has 1 aromatic heterocycles. The molecule has 1 aromatic rings. The molecular formula is C53H98N4O6. The molecule has 1 heterocycles. The van der Waals surface area contributed by atoms with Crippen LogP contribution in [0.4, 0.5) is 0 Å². The number of hydrogen-bond acceptors (Lipinski definition) is 9. The third kappa shape index (κ3) is 38.4. The molecule has 10 heteroatoms. The van der Waals surface area contributed by atoms with Crippen molar-refractivity contribution in [1.82, 2.24) is 20.2 Å². The summed E-state index contributed by atoms with van der Waals surface area (Å²) in [7, 11) is 0. The van der Waals surface area contributed by atoms with Crippen molar-refractivity contribution in [1.29, 1.82) is 0 Å². The molecule has 1 amide bonds. The van der Waals surface area contributed by atoms with Crippen molar-refractivity contribution < 1.29 is 29.0 Å². The number of carbonyl (C=O) groups is 3. The maximum absolute atomic E-state index is 12.9. The van der Waals surface area contributed by atoms with Gasteiger partial charge in [0.05, 0.1) is 18.9 Å². The van der Waals surface area contributed by atoms with Crippen LogP contribution in [0.5, 0.6) is 0 Å². The van der Waals surface area contributed by atoms with Gasteiger partial charge in [-0.25, -0.2) is 4.98 Å². The Morgan fingerprint density at radius 3 is 1.60 bits per heavy atom. The summed E-state index contributed by atoms with van der Waals surface area (Å²) in [5.41, 5.74) is 0.308. The Balaban J connectivity index is 2.41. The summed E-state index contributed by atoms with van der Waals surface area (Å²) in [6.45, 7) is 10.3. The van der Waals surface area contributed by atoms with Gasteiger partial charge < -0.3 is 24.8 Å². The highest BCUT2D eigenvalue weighted by molar-refractivity contribution is 5.91. The molecule has 2 N–H and O–H groups in total. The maximum Gasteiger partial charge on any atom is 0.306 e. The molecule has 1 atom stereocenters. The maximum atomic E-state index is 12.9. The first-order valence-electron chi connectivity index (χ1n) is 26.7. The van der Waals surface area contributed by atoms with E-state index in [-0.39, 0.29) is 23.9 Å². The summed E-state index contributed by atoms with van der Waals surface area (Å²) in [5.74, 6) is -0.325. The number of rotatable bonds is 47. The van der Waals surface area contributed by atoms with Gasteiger partial charge in [0.2, 0.25) is 0 Å². The molecule has 0 aliphatic carbocycles. The van der Waals surface area contributed by atoms with Crippen molar-refractivity contribution in [3.8, 4) is 0 Å². The van der Waals surface area contributed by atoms with E-state index >= 15 is 0 Å². The normalized spacial score (nSPS) is 12.0. The largest absolute Gasteiger partial charge is 0.466 e. The fourth-order valence-electron chi connectivity index (χ4n) is 8.30. The Bertz CT molecular complexity index is 1160.